The van der Waals surface area contributed by atoms with E-state index in [2.05, 4.69) is 26.2 Å². The number of benzene rings is 1. The smallest absolute Gasteiger partial charge is 0.338 e. The summed E-state index contributed by atoms with van der Waals surface area (Å²) in [4.78, 5) is 27.6. The van der Waals surface area contributed by atoms with Gasteiger partial charge in [-0.1, -0.05) is 29.0 Å². The minimum atomic E-state index is -0.508. The van der Waals surface area contributed by atoms with E-state index in [9.17, 15) is 9.59 Å². The van der Waals surface area contributed by atoms with Crippen LogP contribution < -0.4 is 5.32 Å². The molecule has 0 radical (unpaired) electrons. The summed E-state index contributed by atoms with van der Waals surface area (Å²) in [5.41, 5.74) is 2.25. The van der Waals surface area contributed by atoms with Gasteiger partial charge in [-0.3, -0.25) is 10.1 Å². The van der Waals surface area contributed by atoms with Crippen molar-refractivity contribution in [2.45, 2.75) is 13.8 Å². The lowest BCUT2D eigenvalue weighted by Gasteiger charge is -2.07. The Morgan fingerprint density at radius 1 is 1.38 bits per heavy atom. The van der Waals surface area contributed by atoms with Crippen LogP contribution in [-0.4, -0.2) is 23.5 Å². The zero-order valence-electron chi connectivity index (χ0n) is 11.5. The van der Waals surface area contributed by atoms with Crippen molar-refractivity contribution in [3.63, 3.8) is 0 Å². The number of aromatic nitrogens is 1. The lowest BCUT2D eigenvalue weighted by atomic mass is 10.1. The number of thiazole rings is 1. The van der Waals surface area contributed by atoms with Gasteiger partial charge in [-0.2, -0.15) is 0 Å². The number of hydrogen-bond acceptors (Lipinski definition) is 5. The summed E-state index contributed by atoms with van der Waals surface area (Å²) >= 11 is 4.53. The van der Waals surface area contributed by atoms with Gasteiger partial charge in [-0.25, -0.2) is 9.78 Å². The normalized spacial score (nSPS) is 10.2. The Labute approximate surface area is 134 Å². The van der Waals surface area contributed by atoms with Crippen molar-refractivity contribution < 1.29 is 14.3 Å². The molecule has 0 fully saturated rings. The molecule has 0 aliphatic rings. The van der Waals surface area contributed by atoms with Gasteiger partial charge < -0.3 is 4.74 Å². The molecule has 0 unspecified atom stereocenters. The van der Waals surface area contributed by atoms with Crippen LogP contribution >= 0.6 is 27.3 Å². The van der Waals surface area contributed by atoms with Gasteiger partial charge in [0.15, 0.2) is 11.7 Å². The largest absolute Gasteiger partial charge is 0.452 e. The second-order valence-corrected chi connectivity index (χ2v) is 6.82. The van der Waals surface area contributed by atoms with Crippen molar-refractivity contribution in [1.29, 1.82) is 0 Å². The molecule has 0 aliphatic heterocycles. The first-order valence-electron chi connectivity index (χ1n) is 6.11. The maximum Gasteiger partial charge on any atom is 0.338 e. The Balaban J connectivity index is 1.91. The van der Waals surface area contributed by atoms with Gasteiger partial charge in [0.2, 0.25) is 0 Å². The van der Waals surface area contributed by atoms with Crippen molar-refractivity contribution in [3.05, 3.63) is 44.9 Å². The average Bonchev–Trinajstić information content (AvgIpc) is 2.84. The maximum atomic E-state index is 12.0. The number of nitrogens with one attached hydrogen (secondary N) is 1. The van der Waals surface area contributed by atoms with Crippen molar-refractivity contribution >= 4 is 44.3 Å². The Morgan fingerprint density at radius 2 is 2.14 bits per heavy atom. The van der Waals surface area contributed by atoms with E-state index in [0.717, 1.165) is 14.9 Å². The van der Waals surface area contributed by atoms with Crippen molar-refractivity contribution in [1.82, 2.24) is 4.98 Å². The highest BCUT2D eigenvalue weighted by molar-refractivity contribution is 9.11. The number of aryl methyl sites for hydroxylation is 2. The van der Waals surface area contributed by atoms with E-state index in [0.29, 0.717) is 10.7 Å². The predicted octanol–water partition coefficient (Wildman–Crippen LogP) is 3.32. The summed E-state index contributed by atoms with van der Waals surface area (Å²) in [5, 5.41) is 3.01. The molecule has 110 valence electrons. The number of anilines is 1. The van der Waals surface area contributed by atoms with Gasteiger partial charge in [0.05, 0.1) is 15.5 Å². The lowest BCUT2D eigenvalue weighted by molar-refractivity contribution is -0.119. The molecule has 0 spiro atoms. The van der Waals surface area contributed by atoms with Crippen LogP contribution in [0.3, 0.4) is 0 Å². The van der Waals surface area contributed by atoms with Crippen LogP contribution in [0.15, 0.2) is 28.2 Å². The zero-order chi connectivity index (χ0) is 15.4. The molecule has 1 aromatic carbocycles. The van der Waals surface area contributed by atoms with Crippen molar-refractivity contribution in [2.75, 3.05) is 11.9 Å². The molecule has 1 N–H and O–H groups in total. The maximum absolute atomic E-state index is 12.0. The summed E-state index contributed by atoms with van der Waals surface area (Å²) in [6.07, 6.45) is 1.59. The number of carbonyl (C=O) groups is 2. The van der Waals surface area contributed by atoms with Gasteiger partial charge in [0, 0.05) is 0 Å². The molecule has 0 saturated heterocycles. The van der Waals surface area contributed by atoms with Crippen LogP contribution in [0.1, 0.15) is 21.5 Å². The van der Waals surface area contributed by atoms with Gasteiger partial charge in [0.25, 0.3) is 5.91 Å². The molecule has 7 heteroatoms. The average molecular weight is 369 g/mol. The van der Waals surface area contributed by atoms with E-state index in [1.54, 1.807) is 12.3 Å². The number of hydrogen-bond donors (Lipinski definition) is 1. The topological polar surface area (TPSA) is 68.3 Å². The molecule has 1 amide bonds. The third kappa shape index (κ3) is 4.37. The molecular formula is C14H13BrN2O3S. The van der Waals surface area contributed by atoms with E-state index < -0.39 is 11.9 Å². The summed E-state index contributed by atoms with van der Waals surface area (Å²) in [6.45, 7) is 3.37. The molecular weight excluding hydrogens is 356 g/mol. The first-order valence-corrected chi connectivity index (χ1v) is 7.72. The van der Waals surface area contributed by atoms with Crippen LogP contribution in [0.25, 0.3) is 0 Å². The number of carbonyl (C=O) groups excluding carboxylic acids is 2. The lowest BCUT2D eigenvalue weighted by Crippen LogP contribution is -2.21. The van der Waals surface area contributed by atoms with Gasteiger partial charge in [0.1, 0.15) is 0 Å². The summed E-state index contributed by atoms with van der Waals surface area (Å²) < 4.78 is 5.83. The van der Waals surface area contributed by atoms with Crippen molar-refractivity contribution in [2.24, 2.45) is 0 Å². The highest BCUT2D eigenvalue weighted by atomic mass is 79.9. The fourth-order valence-electron chi connectivity index (χ4n) is 1.63. The fourth-order valence-corrected chi connectivity index (χ4v) is 2.75. The predicted molar refractivity (Wildman–Crippen MR) is 84.6 cm³/mol. The van der Waals surface area contributed by atoms with Crippen LogP contribution in [0.5, 0.6) is 0 Å². The molecule has 2 aromatic rings. The number of rotatable bonds is 4. The van der Waals surface area contributed by atoms with Gasteiger partial charge in [-0.05, 0) is 41.4 Å². The van der Waals surface area contributed by atoms with E-state index in [1.807, 2.05) is 26.0 Å². The molecule has 0 aliphatic carbocycles. The number of amides is 1. The first-order chi connectivity index (χ1) is 9.95. The first kappa shape index (κ1) is 15.7. The summed E-state index contributed by atoms with van der Waals surface area (Å²) in [6, 6.07) is 5.51. The zero-order valence-corrected chi connectivity index (χ0v) is 13.9. The number of nitrogens with zero attached hydrogens (tertiary/aromatic N) is 1. The Bertz CT molecular complexity index is 685. The van der Waals surface area contributed by atoms with E-state index >= 15 is 0 Å². The van der Waals surface area contributed by atoms with E-state index in [-0.39, 0.29) is 6.61 Å². The molecule has 0 bridgehead atoms. The third-order valence-corrected chi connectivity index (χ3v) is 4.06. The van der Waals surface area contributed by atoms with Crippen LogP contribution in [-0.2, 0) is 9.53 Å². The molecule has 21 heavy (non-hydrogen) atoms. The van der Waals surface area contributed by atoms with Crippen LogP contribution in [0.4, 0.5) is 5.13 Å². The van der Waals surface area contributed by atoms with E-state index in [4.69, 9.17) is 4.74 Å². The second-order valence-electron chi connectivity index (χ2n) is 4.41. The third-order valence-electron chi connectivity index (χ3n) is 2.67. The Hall–Kier alpha value is -1.73. The van der Waals surface area contributed by atoms with Crippen molar-refractivity contribution in [3.8, 4) is 0 Å². The Kier molecular flexibility index (Phi) is 5.08. The monoisotopic (exact) mass is 368 g/mol. The number of esters is 1. The van der Waals surface area contributed by atoms with Gasteiger partial charge >= 0.3 is 5.97 Å². The highest BCUT2D eigenvalue weighted by Crippen LogP contribution is 2.22. The number of halogens is 1. The second kappa shape index (κ2) is 6.82. The minimum absolute atomic E-state index is 0.344. The SMILES string of the molecule is Cc1ccc(C)c(C(=O)OCC(=O)Nc2ncc(Br)s2)c1. The van der Waals surface area contributed by atoms with Gasteiger partial charge in [-0.15, -0.1) is 0 Å². The van der Waals surface area contributed by atoms with E-state index in [1.165, 1.54) is 11.3 Å². The minimum Gasteiger partial charge on any atom is -0.452 e. The standard InChI is InChI=1S/C14H13BrN2O3S/c1-8-3-4-9(2)10(5-8)13(19)20-7-12(18)17-14-16-6-11(15)21-14/h3-6H,7H2,1-2H3,(H,16,17,18). The molecule has 5 nitrogen and oxygen atoms in total. The fraction of sp³-hybridized carbons (Fsp3) is 0.214. The van der Waals surface area contributed by atoms with Crippen LogP contribution in [0.2, 0.25) is 0 Å². The number of ether oxygens (including phenoxy) is 1. The molecule has 2 rings (SSSR count). The van der Waals surface area contributed by atoms with Crippen LogP contribution in [0, 0.1) is 13.8 Å². The molecule has 0 saturated carbocycles. The summed E-state index contributed by atoms with van der Waals surface area (Å²) in [7, 11) is 0. The molecule has 1 heterocycles. The Morgan fingerprint density at radius 3 is 2.81 bits per heavy atom. The quantitative estimate of drug-likeness (QED) is 0.840. The molecule has 1 aromatic heterocycles. The molecule has 0 atom stereocenters. The highest BCUT2D eigenvalue weighted by Gasteiger charge is 2.13. The summed E-state index contributed by atoms with van der Waals surface area (Å²) in [5.74, 6) is -0.929.